The molecule has 0 aromatic heterocycles. The van der Waals surface area contributed by atoms with Gasteiger partial charge >= 0.3 is 6.09 Å². The summed E-state index contributed by atoms with van der Waals surface area (Å²) in [6.07, 6.45) is 10.3. The molecule has 1 fully saturated rings. The molecule has 0 spiro atoms. The predicted molar refractivity (Wildman–Crippen MR) is 214 cm³/mol. The zero-order valence-electron chi connectivity index (χ0n) is 32.2. The monoisotopic (exact) mass is 752 g/mol. The van der Waals surface area contributed by atoms with Crippen LogP contribution in [0.5, 0.6) is 11.5 Å². The number of oxime groups is 1. The van der Waals surface area contributed by atoms with Crippen molar-refractivity contribution in [3.8, 4) is 11.5 Å². The fourth-order valence-corrected chi connectivity index (χ4v) is 9.07. The van der Waals surface area contributed by atoms with Gasteiger partial charge in [0.15, 0.2) is 0 Å². The largest absolute Gasteiger partial charge is 0.490 e. The average Bonchev–Trinajstić information content (AvgIpc) is 3.21. The van der Waals surface area contributed by atoms with Crippen LogP contribution >= 0.6 is 0 Å². The molecular formula is C45H56N2O8. The number of carbonyl (C=O) groups is 1. The molecule has 55 heavy (non-hydrogen) atoms. The van der Waals surface area contributed by atoms with Crippen molar-refractivity contribution in [1.82, 2.24) is 4.90 Å². The van der Waals surface area contributed by atoms with Crippen molar-refractivity contribution in [3.05, 3.63) is 109 Å². The van der Waals surface area contributed by atoms with Crippen LogP contribution in [0.15, 0.2) is 103 Å². The lowest BCUT2D eigenvalue weighted by Gasteiger charge is -2.59. The van der Waals surface area contributed by atoms with Crippen LogP contribution in [-0.2, 0) is 20.9 Å². The van der Waals surface area contributed by atoms with Crippen LogP contribution in [-0.4, -0.2) is 78.9 Å². The van der Waals surface area contributed by atoms with Crippen molar-refractivity contribution < 1.29 is 38.8 Å². The first-order valence-electron chi connectivity index (χ1n) is 19.7. The normalized spacial score (nSPS) is 24.5. The molecule has 0 bridgehead atoms. The number of aliphatic hydroxyl groups excluding tert-OH is 2. The lowest BCUT2D eigenvalue weighted by Crippen LogP contribution is -2.70. The molecule has 1 heterocycles. The van der Waals surface area contributed by atoms with Gasteiger partial charge in [0.2, 0.25) is 5.79 Å². The van der Waals surface area contributed by atoms with Gasteiger partial charge in [0.25, 0.3) is 0 Å². The second-order valence-electron chi connectivity index (χ2n) is 14.5. The van der Waals surface area contributed by atoms with Crippen molar-refractivity contribution in [3.63, 3.8) is 0 Å². The fraction of sp³-hybridized carbons (Fsp3) is 0.467. The molecule has 1 amide bonds. The van der Waals surface area contributed by atoms with E-state index in [1.165, 1.54) is 7.11 Å². The van der Waals surface area contributed by atoms with E-state index < -0.39 is 23.8 Å². The summed E-state index contributed by atoms with van der Waals surface area (Å²) in [4.78, 5) is 21.8. The highest BCUT2D eigenvalue weighted by Crippen LogP contribution is 2.62. The molecule has 6 rings (SSSR count). The molecule has 2 N–H and O–H groups in total. The van der Waals surface area contributed by atoms with Crippen molar-refractivity contribution in [1.29, 1.82) is 0 Å². The first kappa shape index (κ1) is 40.0. The number of allylic oxidation sites excluding steroid dienone is 1. The number of carbonyl (C=O) groups excluding carboxylic acids is 1. The molecule has 3 aromatic carbocycles. The Bertz CT molecular complexity index is 1850. The number of hydrogen-bond acceptors (Lipinski definition) is 9. The van der Waals surface area contributed by atoms with E-state index in [2.05, 4.69) is 43.5 Å². The van der Waals surface area contributed by atoms with E-state index in [1.54, 1.807) is 17.1 Å². The van der Waals surface area contributed by atoms with Crippen LogP contribution in [0.1, 0.15) is 68.9 Å². The van der Waals surface area contributed by atoms with Crippen LogP contribution in [0, 0.1) is 17.8 Å². The van der Waals surface area contributed by atoms with E-state index in [4.69, 9.17) is 28.9 Å². The molecule has 10 heteroatoms. The summed E-state index contributed by atoms with van der Waals surface area (Å²) in [5, 5.41) is 26.6. The molecule has 1 saturated carbocycles. The smallest absolute Gasteiger partial charge is 0.410 e. The Kier molecular flexibility index (Phi) is 13.7. The lowest BCUT2D eigenvalue weighted by atomic mass is 9.55. The quantitative estimate of drug-likeness (QED) is 0.0713. The van der Waals surface area contributed by atoms with Crippen LogP contribution < -0.4 is 9.47 Å². The van der Waals surface area contributed by atoms with Gasteiger partial charge in [-0.25, -0.2) is 4.79 Å². The summed E-state index contributed by atoms with van der Waals surface area (Å²) >= 11 is 0. The van der Waals surface area contributed by atoms with Gasteiger partial charge in [-0.2, -0.15) is 0 Å². The molecule has 0 saturated heterocycles. The van der Waals surface area contributed by atoms with Crippen molar-refractivity contribution >= 4 is 22.6 Å². The van der Waals surface area contributed by atoms with Gasteiger partial charge in [-0.3, -0.25) is 4.90 Å². The van der Waals surface area contributed by atoms with Gasteiger partial charge in [-0.05, 0) is 84.6 Å². The number of benzene rings is 3. The molecule has 294 valence electrons. The van der Waals surface area contributed by atoms with Crippen LogP contribution in [0.3, 0.4) is 0 Å². The Hall–Kier alpha value is -4.64. The Balaban J connectivity index is 1.61. The number of methoxy groups -OCH3 is 1. The zero-order valence-corrected chi connectivity index (χ0v) is 32.2. The minimum Gasteiger partial charge on any atom is -0.490 e. The minimum absolute atomic E-state index is 0.0970. The molecule has 3 aromatic rings. The topological polar surface area (TPSA) is 119 Å². The summed E-state index contributed by atoms with van der Waals surface area (Å²) < 4.78 is 26.0. The predicted octanol–water partition coefficient (Wildman–Crippen LogP) is 8.33. The first-order valence-corrected chi connectivity index (χ1v) is 19.7. The molecule has 3 aliphatic rings. The van der Waals surface area contributed by atoms with Gasteiger partial charge in [0, 0.05) is 31.1 Å². The molecule has 10 nitrogen and oxygen atoms in total. The average molecular weight is 753 g/mol. The summed E-state index contributed by atoms with van der Waals surface area (Å²) in [5.74, 6) is -0.407. The van der Waals surface area contributed by atoms with Crippen molar-refractivity contribution in [2.24, 2.45) is 22.9 Å². The maximum absolute atomic E-state index is 14.3. The molecule has 0 unspecified atom stereocenters. The van der Waals surface area contributed by atoms with Gasteiger partial charge in [-0.1, -0.05) is 85.3 Å². The number of fused-ring (bicyclic) bond motifs is 3. The molecule has 2 aliphatic carbocycles. The highest BCUT2D eigenvalue weighted by atomic mass is 16.7. The Morgan fingerprint density at radius 2 is 1.76 bits per heavy atom. The molecule has 0 radical (unpaired) electrons. The van der Waals surface area contributed by atoms with Gasteiger partial charge in [-0.15, -0.1) is 6.58 Å². The molecule has 6 atom stereocenters. The summed E-state index contributed by atoms with van der Waals surface area (Å²) in [7, 11) is 1.40. The summed E-state index contributed by atoms with van der Waals surface area (Å²) in [5.41, 5.74) is 3.66. The fourth-order valence-electron chi connectivity index (χ4n) is 9.07. The van der Waals surface area contributed by atoms with Crippen LogP contribution in [0.25, 0.3) is 10.8 Å². The first-order chi connectivity index (χ1) is 26.9. The van der Waals surface area contributed by atoms with Crippen LogP contribution in [0.4, 0.5) is 4.79 Å². The summed E-state index contributed by atoms with van der Waals surface area (Å²) in [6, 6.07) is 19.5. The van der Waals surface area contributed by atoms with E-state index in [1.807, 2.05) is 43.3 Å². The highest BCUT2D eigenvalue weighted by Gasteiger charge is 2.65. The second kappa shape index (κ2) is 18.8. The third-order valence-electron chi connectivity index (χ3n) is 11.3. The zero-order chi connectivity index (χ0) is 38.8. The van der Waals surface area contributed by atoms with E-state index in [-0.39, 0.29) is 50.5 Å². The van der Waals surface area contributed by atoms with Crippen molar-refractivity contribution in [2.75, 3.05) is 40.1 Å². The Morgan fingerprint density at radius 1 is 1.00 bits per heavy atom. The maximum Gasteiger partial charge on any atom is 0.410 e. The number of aliphatic hydroxyl groups is 2. The number of ether oxygens (including phenoxy) is 4. The second-order valence-corrected chi connectivity index (χ2v) is 14.5. The van der Waals surface area contributed by atoms with Gasteiger partial charge in [0.05, 0.1) is 31.9 Å². The Labute approximate surface area is 325 Å². The van der Waals surface area contributed by atoms with Crippen molar-refractivity contribution in [2.45, 2.75) is 76.2 Å². The third kappa shape index (κ3) is 8.32. The summed E-state index contributed by atoms with van der Waals surface area (Å²) in [6.45, 7) is 11.1. The number of nitrogens with zero attached hydrogens (tertiary/aromatic N) is 2. The van der Waals surface area contributed by atoms with Gasteiger partial charge in [0.1, 0.15) is 30.8 Å². The number of hydrogen-bond donors (Lipinski definition) is 2. The maximum atomic E-state index is 14.3. The van der Waals surface area contributed by atoms with E-state index >= 15 is 0 Å². The molecule has 1 aliphatic heterocycles. The minimum atomic E-state index is -1.39. The Morgan fingerprint density at radius 3 is 2.51 bits per heavy atom. The molecular weight excluding hydrogens is 697 g/mol. The standard InChI is InChI=1S/C45H56N2O8/c1-5-25-52-34-21-22-40-38(28-34)42-36(20-11-13-24-49)32(16-10-12-23-48)27-37-39(46-54-7-3)29-41(45(55-40,43(37)42)53-26-6-2)47(44(50)51-4)30-33-18-14-17-31-15-8-9-19-35(31)33/h5-6,8-9,14-15,17-19,21-22,27-28,32,36,41-43,48-49H,1-2,7,10-13,16,20,23-26,29-30H2,3-4H3/t32-,36+,41-,42+,43+,45+/m0/s1. The van der Waals surface area contributed by atoms with E-state index in [0.717, 1.165) is 58.9 Å². The van der Waals surface area contributed by atoms with E-state index in [9.17, 15) is 15.0 Å². The number of rotatable bonds is 19. The SMILES string of the molecule is C=CCOc1ccc2c(c1)[C@H]1[C@H](CCCCO)[C@@H](CCCCO)C=C3C(=NOCC)C[C@H](N(Cc4cccc5ccccc45)C(=O)OC)[C@@](OCC=C)(O2)[C@H]31. The van der Waals surface area contributed by atoms with E-state index in [0.29, 0.717) is 37.6 Å². The third-order valence-corrected chi connectivity index (χ3v) is 11.3. The number of unbranched alkanes of at least 4 members (excludes halogenated alkanes) is 2. The highest BCUT2D eigenvalue weighted by molar-refractivity contribution is 6.03. The number of amides is 1. The van der Waals surface area contributed by atoms with Gasteiger partial charge < -0.3 is 34.0 Å². The van der Waals surface area contributed by atoms with Crippen LogP contribution in [0.2, 0.25) is 0 Å². The lowest BCUT2D eigenvalue weighted by molar-refractivity contribution is -0.256.